The Balaban J connectivity index is 2.66. The number of nitrogens with two attached hydrogens (primary N) is 1. The first-order valence-corrected chi connectivity index (χ1v) is 8.21. The van der Waals surface area contributed by atoms with Crippen LogP contribution in [0.3, 0.4) is 0 Å². The Morgan fingerprint density at radius 3 is 2.44 bits per heavy atom. The normalized spacial score (nSPS) is 11.7. The second kappa shape index (κ2) is 6.78. The Hall–Kier alpha value is -1.03. The highest BCUT2D eigenvalue weighted by atomic mass is 32.2. The maximum Gasteiger partial charge on any atom is 0.180 e. The van der Waals surface area contributed by atoms with Crippen LogP contribution in [0.25, 0.3) is 0 Å². The van der Waals surface area contributed by atoms with E-state index in [2.05, 4.69) is 6.92 Å². The molecule has 0 saturated heterocycles. The summed E-state index contributed by atoms with van der Waals surface area (Å²) in [6, 6.07) is 5.16. The predicted molar refractivity (Wildman–Crippen MR) is 76.4 cm³/mol. The van der Waals surface area contributed by atoms with Crippen LogP contribution in [0.1, 0.15) is 44.6 Å². The molecule has 102 valence electrons. The molecule has 18 heavy (non-hydrogen) atoms. The number of benzene rings is 1. The first-order valence-electron chi connectivity index (χ1n) is 6.56. The Morgan fingerprint density at radius 2 is 1.78 bits per heavy atom. The molecule has 0 amide bonds. The number of hydrogen-bond acceptors (Lipinski definition) is 3. The molecule has 0 aliphatic heterocycles. The van der Waals surface area contributed by atoms with E-state index in [1.54, 1.807) is 12.1 Å². The Bertz CT molecular complexity index is 481. The molecule has 0 aliphatic rings. The quantitative estimate of drug-likeness (QED) is 0.610. The third kappa shape index (κ3) is 4.33. The van der Waals surface area contributed by atoms with Crippen molar-refractivity contribution in [3.05, 3.63) is 23.8 Å². The van der Waals surface area contributed by atoms with Crippen LogP contribution in [-0.2, 0) is 9.84 Å². The molecule has 1 rings (SSSR count). The van der Waals surface area contributed by atoms with E-state index in [9.17, 15) is 8.42 Å². The minimum atomic E-state index is -3.23. The van der Waals surface area contributed by atoms with Gasteiger partial charge in [-0.2, -0.15) is 0 Å². The largest absolute Gasteiger partial charge is 0.398 e. The smallest absolute Gasteiger partial charge is 0.180 e. The van der Waals surface area contributed by atoms with E-state index in [0.29, 0.717) is 5.69 Å². The summed E-state index contributed by atoms with van der Waals surface area (Å²) in [5.41, 5.74) is 7.03. The fourth-order valence-electron chi connectivity index (χ4n) is 1.92. The van der Waals surface area contributed by atoms with Crippen molar-refractivity contribution in [3.8, 4) is 0 Å². The first kappa shape index (κ1) is 15.0. The number of sulfone groups is 1. The Morgan fingerprint density at radius 1 is 1.11 bits per heavy atom. The standard InChI is InChI=1S/C14H23NO2S/c1-3-4-5-6-7-10-18(16,17)14-11-12(2)8-9-13(14)15/h8-9,11H,3-7,10,15H2,1-2H3. The van der Waals surface area contributed by atoms with Crippen molar-refractivity contribution in [1.29, 1.82) is 0 Å². The van der Waals surface area contributed by atoms with Gasteiger partial charge in [0.1, 0.15) is 0 Å². The highest BCUT2D eigenvalue weighted by molar-refractivity contribution is 7.91. The van der Waals surface area contributed by atoms with Gasteiger partial charge in [0.05, 0.1) is 16.3 Å². The number of anilines is 1. The molecule has 0 bridgehead atoms. The third-order valence-electron chi connectivity index (χ3n) is 3.02. The monoisotopic (exact) mass is 269 g/mol. The second-order valence-corrected chi connectivity index (χ2v) is 6.85. The maximum absolute atomic E-state index is 12.2. The fourth-order valence-corrected chi connectivity index (χ4v) is 3.51. The number of rotatable bonds is 7. The molecule has 0 unspecified atom stereocenters. The fraction of sp³-hybridized carbons (Fsp3) is 0.571. The van der Waals surface area contributed by atoms with Gasteiger partial charge in [0, 0.05) is 0 Å². The first-order chi connectivity index (χ1) is 8.47. The summed E-state index contributed by atoms with van der Waals surface area (Å²) in [5.74, 6) is 0.199. The van der Waals surface area contributed by atoms with Gasteiger partial charge in [-0.05, 0) is 31.0 Å². The molecule has 1 aromatic carbocycles. The van der Waals surface area contributed by atoms with Crippen LogP contribution in [0.4, 0.5) is 5.69 Å². The summed E-state index contributed by atoms with van der Waals surface area (Å²) >= 11 is 0. The van der Waals surface area contributed by atoms with Gasteiger partial charge in [0.25, 0.3) is 0 Å². The van der Waals surface area contributed by atoms with Crippen LogP contribution >= 0.6 is 0 Å². The lowest BCUT2D eigenvalue weighted by molar-refractivity contribution is 0.587. The Labute approximate surface area is 110 Å². The molecule has 0 aliphatic carbocycles. The maximum atomic E-state index is 12.2. The minimum Gasteiger partial charge on any atom is -0.398 e. The molecule has 3 nitrogen and oxygen atoms in total. The van der Waals surface area contributed by atoms with Crippen molar-refractivity contribution in [2.45, 2.75) is 50.8 Å². The van der Waals surface area contributed by atoms with Crippen LogP contribution < -0.4 is 5.73 Å². The topological polar surface area (TPSA) is 60.2 Å². The van der Waals surface area contributed by atoms with E-state index in [1.807, 2.05) is 13.0 Å². The summed E-state index contributed by atoms with van der Waals surface area (Å²) in [7, 11) is -3.23. The minimum absolute atomic E-state index is 0.199. The summed E-state index contributed by atoms with van der Waals surface area (Å²) < 4.78 is 24.3. The summed E-state index contributed by atoms with van der Waals surface area (Å²) in [4.78, 5) is 0.290. The van der Waals surface area contributed by atoms with E-state index < -0.39 is 9.84 Å². The average Bonchev–Trinajstić information content (AvgIpc) is 2.32. The van der Waals surface area contributed by atoms with E-state index in [4.69, 9.17) is 5.73 Å². The SMILES string of the molecule is CCCCCCCS(=O)(=O)c1cc(C)ccc1N. The molecule has 0 atom stereocenters. The van der Waals surface area contributed by atoms with E-state index in [0.717, 1.165) is 31.2 Å². The van der Waals surface area contributed by atoms with Gasteiger partial charge in [-0.25, -0.2) is 8.42 Å². The number of unbranched alkanes of at least 4 members (excludes halogenated alkanes) is 4. The van der Waals surface area contributed by atoms with Crippen molar-refractivity contribution in [2.75, 3.05) is 11.5 Å². The van der Waals surface area contributed by atoms with Crippen molar-refractivity contribution >= 4 is 15.5 Å². The molecule has 0 radical (unpaired) electrons. The Kier molecular flexibility index (Phi) is 5.66. The lowest BCUT2D eigenvalue weighted by atomic mass is 10.2. The summed E-state index contributed by atoms with van der Waals surface area (Å²) in [6.45, 7) is 4.02. The van der Waals surface area contributed by atoms with Gasteiger partial charge in [-0.15, -0.1) is 0 Å². The third-order valence-corrected chi connectivity index (χ3v) is 4.87. The molecule has 0 heterocycles. The average molecular weight is 269 g/mol. The summed E-state index contributed by atoms with van der Waals surface area (Å²) in [5, 5.41) is 0. The molecule has 0 aromatic heterocycles. The lowest BCUT2D eigenvalue weighted by Gasteiger charge is -2.08. The molecule has 1 aromatic rings. The zero-order valence-electron chi connectivity index (χ0n) is 11.3. The number of aryl methyl sites for hydroxylation is 1. The van der Waals surface area contributed by atoms with E-state index in [1.165, 1.54) is 6.42 Å². The van der Waals surface area contributed by atoms with E-state index >= 15 is 0 Å². The molecule has 0 spiro atoms. The molecule has 0 fully saturated rings. The molecule has 0 saturated carbocycles. The molecule has 4 heteroatoms. The highest BCUT2D eigenvalue weighted by Gasteiger charge is 2.17. The van der Waals surface area contributed by atoms with Crippen LogP contribution in [0.5, 0.6) is 0 Å². The second-order valence-electron chi connectivity index (χ2n) is 4.77. The van der Waals surface area contributed by atoms with Crippen LogP contribution in [0.15, 0.2) is 23.1 Å². The number of hydrogen-bond donors (Lipinski definition) is 1. The zero-order chi connectivity index (χ0) is 13.6. The molecular formula is C14H23NO2S. The highest BCUT2D eigenvalue weighted by Crippen LogP contribution is 2.22. The zero-order valence-corrected chi connectivity index (χ0v) is 12.1. The van der Waals surface area contributed by atoms with Gasteiger partial charge in [0.15, 0.2) is 9.84 Å². The van der Waals surface area contributed by atoms with Crippen molar-refractivity contribution in [2.24, 2.45) is 0 Å². The van der Waals surface area contributed by atoms with Gasteiger partial charge in [-0.1, -0.05) is 38.7 Å². The number of nitrogen functional groups attached to an aromatic ring is 1. The molecule has 2 N–H and O–H groups in total. The lowest BCUT2D eigenvalue weighted by Crippen LogP contribution is -2.09. The molecular weight excluding hydrogens is 246 g/mol. The van der Waals surface area contributed by atoms with Gasteiger partial charge < -0.3 is 5.73 Å². The van der Waals surface area contributed by atoms with Crippen LogP contribution in [0.2, 0.25) is 0 Å². The van der Waals surface area contributed by atoms with Crippen molar-refractivity contribution in [3.63, 3.8) is 0 Å². The van der Waals surface area contributed by atoms with Crippen molar-refractivity contribution < 1.29 is 8.42 Å². The van der Waals surface area contributed by atoms with Crippen molar-refractivity contribution in [1.82, 2.24) is 0 Å². The predicted octanol–water partition coefficient (Wildman–Crippen LogP) is 3.32. The van der Waals surface area contributed by atoms with Crippen LogP contribution in [-0.4, -0.2) is 14.2 Å². The summed E-state index contributed by atoms with van der Waals surface area (Å²) in [6.07, 6.45) is 5.13. The van der Waals surface area contributed by atoms with Gasteiger partial charge >= 0.3 is 0 Å². The van der Waals surface area contributed by atoms with Gasteiger partial charge in [0.2, 0.25) is 0 Å². The van der Waals surface area contributed by atoms with E-state index in [-0.39, 0.29) is 10.6 Å². The van der Waals surface area contributed by atoms with Gasteiger partial charge in [-0.3, -0.25) is 0 Å². The van der Waals surface area contributed by atoms with Crippen LogP contribution in [0, 0.1) is 6.92 Å².